The summed E-state index contributed by atoms with van der Waals surface area (Å²) in [4.78, 5) is 23.1. The van der Waals surface area contributed by atoms with Gasteiger partial charge in [0.05, 0.1) is 39.9 Å². The summed E-state index contributed by atoms with van der Waals surface area (Å²) in [5.41, 5.74) is 0. The van der Waals surface area contributed by atoms with Crippen molar-refractivity contribution in [2.24, 2.45) is 0 Å². The van der Waals surface area contributed by atoms with Gasteiger partial charge in [-0.15, -0.1) is 0 Å². The van der Waals surface area contributed by atoms with Crippen LogP contribution in [-0.2, 0) is 18.4 Å². The number of unbranched alkanes of at least 4 members (excludes halogenated alkanes) is 23. The number of amides is 1. The first-order chi connectivity index (χ1) is 26.0. The molecule has 0 rings (SSSR count). The Morgan fingerprint density at radius 1 is 0.630 bits per heavy atom. The Hall–Kier alpha value is -1.28. The molecule has 0 aliphatic rings. The van der Waals surface area contributed by atoms with E-state index in [0.717, 1.165) is 44.9 Å². The number of nitrogens with one attached hydrogen (secondary N) is 1. The van der Waals surface area contributed by atoms with Gasteiger partial charge in [0.2, 0.25) is 5.91 Å². The van der Waals surface area contributed by atoms with Crippen molar-refractivity contribution >= 4 is 13.7 Å². The molecule has 3 N–H and O–H groups in total. The predicted molar refractivity (Wildman–Crippen MR) is 231 cm³/mol. The van der Waals surface area contributed by atoms with Crippen molar-refractivity contribution in [3.8, 4) is 0 Å². The van der Waals surface area contributed by atoms with E-state index in [9.17, 15) is 19.4 Å². The molecule has 0 aliphatic heterocycles. The average molecular weight is 784 g/mol. The topological polar surface area (TPSA) is 105 Å². The van der Waals surface area contributed by atoms with Crippen molar-refractivity contribution in [1.82, 2.24) is 5.32 Å². The maximum atomic E-state index is 12.9. The summed E-state index contributed by atoms with van der Waals surface area (Å²) in [6, 6.07) is -0.846. The summed E-state index contributed by atoms with van der Waals surface area (Å²) in [5.74, 6) is -0.183. The lowest BCUT2D eigenvalue weighted by molar-refractivity contribution is -0.870. The number of carbonyl (C=O) groups is 1. The van der Waals surface area contributed by atoms with Crippen LogP contribution in [0.15, 0.2) is 36.5 Å². The van der Waals surface area contributed by atoms with Gasteiger partial charge < -0.3 is 19.8 Å². The molecule has 3 atom stereocenters. The first-order valence-electron chi connectivity index (χ1n) is 22.4. The fraction of sp³-hybridized carbons (Fsp3) is 0.844. The van der Waals surface area contributed by atoms with E-state index in [0.29, 0.717) is 17.4 Å². The number of likely N-dealkylation sites (N-methyl/N-ethyl adjacent to an activating group) is 1. The van der Waals surface area contributed by atoms with Gasteiger partial charge in [0.15, 0.2) is 0 Å². The first-order valence-corrected chi connectivity index (χ1v) is 23.9. The van der Waals surface area contributed by atoms with Gasteiger partial charge in [-0.1, -0.05) is 172 Å². The van der Waals surface area contributed by atoms with Gasteiger partial charge in [0, 0.05) is 6.42 Å². The second kappa shape index (κ2) is 37.3. The monoisotopic (exact) mass is 784 g/mol. The molecule has 0 aliphatic carbocycles. The van der Waals surface area contributed by atoms with E-state index in [1.165, 1.54) is 128 Å². The summed E-state index contributed by atoms with van der Waals surface area (Å²) >= 11 is 0. The molecular formula is C45H88N2O6P+. The smallest absolute Gasteiger partial charge is 0.387 e. The van der Waals surface area contributed by atoms with Crippen LogP contribution in [0.3, 0.4) is 0 Å². The van der Waals surface area contributed by atoms with Crippen LogP contribution in [0.4, 0.5) is 0 Å². The van der Waals surface area contributed by atoms with Gasteiger partial charge in [0.1, 0.15) is 13.2 Å². The maximum Gasteiger partial charge on any atom is 0.472 e. The lowest BCUT2D eigenvalue weighted by atomic mass is 10.0. The number of allylic oxidation sites excluding steroid dienone is 5. The van der Waals surface area contributed by atoms with Crippen LogP contribution < -0.4 is 5.32 Å². The van der Waals surface area contributed by atoms with E-state index >= 15 is 0 Å². The van der Waals surface area contributed by atoms with Crippen molar-refractivity contribution in [1.29, 1.82) is 0 Å². The van der Waals surface area contributed by atoms with Crippen molar-refractivity contribution < 1.29 is 32.9 Å². The molecule has 0 spiro atoms. The van der Waals surface area contributed by atoms with E-state index in [1.807, 2.05) is 27.2 Å². The minimum Gasteiger partial charge on any atom is -0.387 e. The number of carbonyl (C=O) groups excluding carboxylic acids is 1. The maximum absolute atomic E-state index is 12.9. The molecule has 0 bridgehead atoms. The van der Waals surface area contributed by atoms with Crippen LogP contribution in [0.1, 0.15) is 194 Å². The quantitative estimate of drug-likeness (QED) is 0.0247. The van der Waals surface area contributed by atoms with Gasteiger partial charge in [0.25, 0.3) is 0 Å². The molecule has 0 saturated carbocycles. The van der Waals surface area contributed by atoms with Crippen molar-refractivity contribution in [2.75, 3.05) is 40.9 Å². The molecule has 8 nitrogen and oxygen atoms in total. The van der Waals surface area contributed by atoms with E-state index < -0.39 is 20.0 Å². The zero-order valence-corrected chi connectivity index (χ0v) is 36.9. The molecule has 0 heterocycles. The minimum absolute atomic E-state index is 0.0604. The molecule has 1 unspecified atom stereocenters. The number of nitrogens with zero attached hydrogens (tertiary/aromatic N) is 1. The summed E-state index contributed by atoms with van der Waals surface area (Å²) in [5, 5.41) is 13.8. The highest BCUT2D eigenvalue weighted by atomic mass is 31.2. The number of rotatable bonds is 40. The average Bonchev–Trinajstić information content (AvgIpc) is 3.12. The second-order valence-electron chi connectivity index (χ2n) is 16.4. The van der Waals surface area contributed by atoms with Gasteiger partial charge in [-0.25, -0.2) is 4.57 Å². The number of phosphoric ester groups is 1. The molecular weight excluding hydrogens is 695 g/mol. The lowest BCUT2D eigenvalue weighted by Gasteiger charge is -2.25. The molecule has 1 amide bonds. The third-order valence-electron chi connectivity index (χ3n) is 9.85. The number of hydrogen-bond donors (Lipinski definition) is 3. The Balaban J connectivity index is 4.39. The number of aliphatic hydroxyl groups excluding tert-OH is 1. The normalized spacial score (nSPS) is 14.7. The van der Waals surface area contributed by atoms with Gasteiger partial charge >= 0.3 is 7.82 Å². The number of phosphoric acid groups is 1. The van der Waals surface area contributed by atoms with E-state index in [2.05, 4.69) is 43.5 Å². The molecule has 0 saturated heterocycles. The van der Waals surface area contributed by atoms with Crippen LogP contribution in [0.2, 0.25) is 0 Å². The van der Waals surface area contributed by atoms with Crippen molar-refractivity contribution in [3.63, 3.8) is 0 Å². The Morgan fingerprint density at radius 3 is 1.56 bits per heavy atom. The third kappa shape index (κ3) is 39.0. The summed E-state index contributed by atoms with van der Waals surface area (Å²) in [6.07, 6.45) is 44.9. The molecule has 0 aromatic carbocycles. The summed E-state index contributed by atoms with van der Waals surface area (Å²) < 4.78 is 23.5. The van der Waals surface area contributed by atoms with E-state index in [4.69, 9.17) is 9.05 Å². The SMILES string of the molecule is CCCCC/C=C\C/C=C\CCCCCCCCCCCC(=O)N[C@@H](COP(=O)(O)OCC[N+](C)(C)C)[C@H](O)/C=C/CCCCCCCCCCCCC. The van der Waals surface area contributed by atoms with Crippen LogP contribution in [-0.4, -0.2) is 73.4 Å². The van der Waals surface area contributed by atoms with Crippen LogP contribution in [0.25, 0.3) is 0 Å². The Bertz CT molecular complexity index is 980. The second-order valence-corrected chi connectivity index (χ2v) is 17.9. The highest BCUT2D eigenvalue weighted by Gasteiger charge is 2.27. The minimum atomic E-state index is -4.33. The lowest BCUT2D eigenvalue weighted by Crippen LogP contribution is -2.45. The number of quaternary nitrogens is 1. The largest absolute Gasteiger partial charge is 0.472 e. The molecule has 0 aromatic rings. The zero-order chi connectivity index (χ0) is 40.0. The highest BCUT2D eigenvalue weighted by Crippen LogP contribution is 2.43. The fourth-order valence-electron chi connectivity index (χ4n) is 6.25. The summed E-state index contributed by atoms with van der Waals surface area (Å²) in [7, 11) is 1.57. The Kier molecular flexibility index (Phi) is 36.4. The molecule has 54 heavy (non-hydrogen) atoms. The van der Waals surface area contributed by atoms with Crippen molar-refractivity contribution in [3.05, 3.63) is 36.5 Å². The predicted octanol–water partition coefficient (Wildman–Crippen LogP) is 12.3. The molecule has 318 valence electrons. The van der Waals surface area contributed by atoms with Crippen LogP contribution in [0.5, 0.6) is 0 Å². The van der Waals surface area contributed by atoms with Gasteiger partial charge in [-0.2, -0.15) is 0 Å². The third-order valence-corrected chi connectivity index (χ3v) is 10.8. The summed E-state index contributed by atoms with van der Waals surface area (Å²) in [6.45, 7) is 4.78. The van der Waals surface area contributed by atoms with Gasteiger partial charge in [-0.05, 0) is 51.4 Å². The van der Waals surface area contributed by atoms with Crippen LogP contribution >= 0.6 is 7.82 Å². The van der Waals surface area contributed by atoms with E-state index in [1.54, 1.807) is 6.08 Å². The van der Waals surface area contributed by atoms with E-state index in [-0.39, 0.29) is 19.1 Å². The van der Waals surface area contributed by atoms with Crippen LogP contribution in [0, 0.1) is 0 Å². The highest BCUT2D eigenvalue weighted by molar-refractivity contribution is 7.47. The fourth-order valence-corrected chi connectivity index (χ4v) is 6.98. The number of aliphatic hydroxyl groups is 1. The molecule has 0 fully saturated rings. The zero-order valence-electron chi connectivity index (χ0n) is 36.0. The first kappa shape index (κ1) is 52.7. The standard InChI is InChI=1S/C45H87N2O6P/c1-6-8-10-12-14-16-18-20-21-22-23-24-25-27-29-31-33-35-37-39-45(49)46-43(42-53-54(50,51)52-41-40-47(3,4)5)44(48)38-36-34-32-30-28-26-19-17-15-13-11-9-7-2/h14,16,20-21,36,38,43-44,48H,6-13,15,17-19,22-35,37,39-42H2,1-5H3,(H-,46,49,50,51)/p+1/b16-14-,21-20-,38-36+/t43-,44+/m0/s1. The van der Waals surface area contributed by atoms with Gasteiger partial charge in [-0.3, -0.25) is 13.8 Å². The molecule has 0 radical (unpaired) electrons. The molecule has 0 aromatic heterocycles. The van der Waals surface area contributed by atoms with Crippen molar-refractivity contribution in [2.45, 2.75) is 206 Å². The molecule has 9 heteroatoms. The Labute approximate surface area is 334 Å². The number of hydrogen-bond acceptors (Lipinski definition) is 5. The Morgan fingerprint density at radius 2 is 1.06 bits per heavy atom.